The van der Waals surface area contributed by atoms with Gasteiger partial charge in [0, 0.05) is 6.92 Å². The van der Waals surface area contributed by atoms with Crippen molar-refractivity contribution in [3.05, 3.63) is 0 Å². The predicted octanol–water partition coefficient (Wildman–Crippen LogP) is 0.607. The van der Waals surface area contributed by atoms with E-state index in [4.69, 9.17) is 9.31 Å². The third-order valence-corrected chi connectivity index (χ3v) is 0.868. The van der Waals surface area contributed by atoms with E-state index in [-0.39, 0.29) is 0 Å². The Balaban J connectivity index is 3.59. The van der Waals surface area contributed by atoms with Crippen LogP contribution < -0.4 is 0 Å². The largest absolute Gasteiger partial charge is 0.663 e. The Labute approximate surface area is 67.0 Å². The summed E-state index contributed by atoms with van der Waals surface area (Å²) < 4.78 is 14.5. The van der Waals surface area contributed by atoms with Crippen molar-refractivity contribution < 1.29 is 18.8 Å². The number of rotatable bonds is 5. The Bertz CT molecular complexity index is 111. The van der Waals surface area contributed by atoms with Crippen molar-refractivity contribution in [1.29, 1.82) is 0 Å². The van der Waals surface area contributed by atoms with Gasteiger partial charge in [-0.25, -0.2) is 0 Å². The minimum atomic E-state index is -0.845. The molecule has 0 amide bonds. The summed E-state index contributed by atoms with van der Waals surface area (Å²) in [5, 5.41) is 0. The van der Waals surface area contributed by atoms with Gasteiger partial charge >= 0.3 is 7.32 Å². The Hall–Kier alpha value is -0.545. The Morgan fingerprint density at radius 3 is 2.00 bits per heavy atom. The molecule has 0 aromatic heterocycles. The summed E-state index contributed by atoms with van der Waals surface area (Å²) in [6, 6.07) is 0. The van der Waals surface area contributed by atoms with Crippen LogP contribution in [0.3, 0.4) is 0 Å². The molecule has 0 aromatic rings. The average Bonchev–Trinajstić information content (AvgIpc) is 1.87. The normalized spacial score (nSPS) is 10.2. The van der Waals surface area contributed by atoms with Crippen LogP contribution in [0, 0.1) is 0 Å². The van der Waals surface area contributed by atoms with Crippen LogP contribution in [-0.2, 0) is 18.8 Å². The Kier molecular flexibility index (Phi) is 5.88. The van der Waals surface area contributed by atoms with Crippen LogP contribution in [0.2, 0.25) is 0 Å². The van der Waals surface area contributed by atoms with Crippen LogP contribution >= 0.6 is 0 Å². The van der Waals surface area contributed by atoms with Gasteiger partial charge in [0.05, 0.1) is 0 Å². The van der Waals surface area contributed by atoms with Crippen LogP contribution in [0.5, 0.6) is 0 Å². The monoisotopic (exact) mass is 160 g/mol. The molecular weight excluding hydrogens is 147 g/mol. The molecule has 0 spiro atoms. The first-order valence-corrected chi connectivity index (χ1v) is 3.61. The number of hydrogen-bond donors (Lipinski definition) is 0. The van der Waals surface area contributed by atoms with E-state index in [1.54, 1.807) is 13.8 Å². The molecule has 65 valence electrons. The highest BCUT2D eigenvalue weighted by Gasteiger charge is 2.02. The van der Waals surface area contributed by atoms with Crippen molar-refractivity contribution in [2.75, 3.05) is 13.2 Å². The van der Waals surface area contributed by atoms with Gasteiger partial charge in [-0.1, -0.05) is 0 Å². The minimum Gasteiger partial charge on any atom is -0.663 e. The van der Waals surface area contributed by atoms with Crippen LogP contribution in [-0.4, -0.2) is 26.5 Å². The summed E-state index contributed by atoms with van der Waals surface area (Å²) >= 11 is 0. The zero-order valence-electron chi connectivity index (χ0n) is 7.12. The third kappa shape index (κ3) is 5.88. The van der Waals surface area contributed by atoms with Gasteiger partial charge in [0.15, 0.2) is 0 Å². The maximum atomic E-state index is 10.4. The molecule has 0 aliphatic rings. The van der Waals surface area contributed by atoms with Gasteiger partial charge in [-0.2, -0.15) is 0 Å². The number of carbonyl (C=O) groups is 1. The fourth-order valence-electron chi connectivity index (χ4n) is 0.524. The molecule has 0 aliphatic heterocycles. The van der Waals surface area contributed by atoms with Crippen molar-refractivity contribution in [2.45, 2.75) is 20.8 Å². The molecule has 0 N–H and O–H groups in total. The third-order valence-electron chi connectivity index (χ3n) is 0.868. The lowest BCUT2D eigenvalue weighted by Gasteiger charge is -2.27. The molecule has 0 rings (SSSR count). The second-order valence-electron chi connectivity index (χ2n) is 1.81. The maximum Gasteiger partial charge on any atom is 0.377 e. The maximum absolute atomic E-state index is 10.4. The number of carbonyl (C=O) groups excluding carboxylic acids is 1. The van der Waals surface area contributed by atoms with Crippen molar-refractivity contribution in [3.63, 3.8) is 0 Å². The smallest absolute Gasteiger partial charge is 0.377 e. The Morgan fingerprint density at radius 2 is 1.73 bits per heavy atom. The highest BCUT2D eigenvalue weighted by atomic mass is 16.7. The van der Waals surface area contributed by atoms with E-state index in [2.05, 4.69) is 4.65 Å². The summed E-state index contributed by atoms with van der Waals surface area (Å²) in [7, 11) is -0.845. The lowest BCUT2D eigenvalue weighted by molar-refractivity contribution is -0.135. The molecule has 0 unspecified atom stereocenters. The van der Waals surface area contributed by atoms with Crippen molar-refractivity contribution >= 4 is 13.3 Å². The van der Waals surface area contributed by atoms with Gasteiger partial charge < -0.3 is 14.0 Å². The second-order valence-corrected chi connectivity index (χ2v) is 1.81. The first-order chi connectivity index (χ1) is 5.20. The average molecular weight is 160 g/mol. The summed E-state index contributed by atoms with van der Waals surface area (Å²) in [6.07, 6.45) is 0. The molecule has 0 saturated carbocycles. The minimum absolute atomic E-state index is 0.406. The van der Waals surface area contributed by atoms with Gasteiger partial charge in [0.2, 0.25) is 0 Å². The van der Waals surface area contributed by atoms with E-state index in [1.807, 2.05) is 0 Å². The first-order valence-electron chi connectivity index (χ1n) is 3.61. The van der Waals surface area contributed by atoms with Gasteiger partial charge in [0.1, 0.15) is 0 Å². The van der Waals surface area contributed by atoms with E-state index in [0.717, 1.165) is 0 Å². The number of hydrogen-bond acceptors (Lipinski definition) is 4. The standard InChI is InChI=1S/C6H13BO4/c1-4-9-7(10-5-2)11-6(3)8/h4-5H2,1-3H3/q-1. The highest BCUT2D eigenvalue weighted by molar-refractivity contribution is 6.39. The zero-order valence-corrected chi connectivity index (χ0v) is 7.12. The van der Waals surface area contributed by atoms with Gasteiger partial charge in [-0.05, 0) is 27.1 Å². The molecule has 4 nitrogen and oxygen atoms in total. The van der Waals surface area contributed by atoms with E-state index >= 15 is 0 Å². The SMILES string of the molecule is CCO[B-](OCC)OC(C)=O. The van der Waals surface area contributed by atoms with Gasteiger partial charge in [-0.15, -0.1) is 0 Å². The predicted molar refractivity (Wildman–Crippen MR) is 40.8 cm³/mol. The summed E-state index contributed by atoms with van der Waals surface area (Å²) in [5.41, 5.74) is 0. The zero-order chi connectivity index (χ0) is 8.69. The summed E-state index contributed by atoms with van der Waals surface area (Å²) in [6.45, 7) is 5.83. The first kappa shape index (κ1) is 10.5. The second kappa shape index (κ2) is 6.18. The molecule has 0 bridgehead atoms. The van der Waals surface area contributed by atoms with Crippen LogP contribution in [0.25, 0.3) is 0 Å². The van der Waals surface area contributed by atoms with E-state index in [9.17, 15) is 4.79 Å². The molecule has 0 heterocycles. The van der Waals surface area contributed by atoms with Crippen LogP contribution in [0.15, 0.2) is 0 Å². The highest BCUT2D eigenvalue weighted by Crippen LogP contribution is 1.92. The van der Waals surface area contributed by atoms with Crippen LogP contribution in [0.1, 0.15) is 20.8 Å². The molecular formula is C6H13BO4-. The molecule has 0 saturated heterocycles. The fourth-order valence-corrected chi connectivity index (χ4v) is 0.524. The molecule has 0 fully saturated rings. The quantitative estimate of drug-likeness (QED) is 0.552. The molecule has 5 heteroatoms. The van der Waals surface area contributed by atoms with Crippen molar-refractivity contribution in [3.8, 4) is 0 Å². The van der Waals surface area contributed by atoms with E-state index in [0.29, 0.717) is 13.2 Å². The molecule has 0 aliphatic carbocycles. The van der Waals surface area contributed by atoms with Gasteiger partial charge in [0.25, 0.3) is 5.97 Å². The lowest BCUT2D eigenvalue weighted by atomic mass is 10.2. The molecule has 1 radical (unpaired) electrons. The van der Waals surface area contributed by atoms with Crippen molar-refractivity contribution in [1.82, 2.24) is 0 Å². The lowest BCUT2D eigenvalue weighted by Crippen LogP contribution is -2.29. The van der Waals surface area contributed by atoms with E-state index < -0.39 is 13.3 Å². The van der Waals surface area contributed by atoms with Crippen molar-refractivity contribution in [2.24, 2.45) is 0 Å². The molecule has 11 heavy (non-hydrogen) atoms. The molecule has 0 aromatic carbocycles. The fraction of sp³-hybridized carbons (Fsp3) is 0.833. The van der Waals surface area contributed by atoms with Crippen LogP contribution in [0.4, 0.5) is 0 Å². The molecule has 0 atom stereocenters. The Morgan fingerprint density at radius 1 is 1.27 bits per heavy atom. The van der Waals surface area contributed by atoms with Gasteiger partial charge in [-0.3, -0.25) is 4.79 Å². The topological polar surface area (TPSA) is 44.8 Å². The summed E-state index contributed by atoms with van der Waals surface area (Å²) in [4.78, 5) is 10.4. The van der Waals surface area contributed by atoms with E-state index in [1.165, 1.54) is 6.92 Å². The summed E-state index contributed by atoms with van der Waals surface area (Å²) in [5.74, 6) is -0.406.